The first kappa shape index (κ1) is 26.7. The lowest BCUT2D eigenvalue weighted by Crippen LogP contribution is -2.25. The van der Waals surface area contributed by atoms with Crippen LogP contribution in [0.2, 0.25) is 0 Å². The molecule has 0 bridgehead atoms. The maximum absolute atomic E-state index is 13.4. The summed E-state index contributed by atoms with van der Waals surface area (Å²) >= 11 is 0.905. The third-order valence-corrected chi connectivity index (χ3v) is 6.46. The van der Waals surface area contributed by atoms with Crippen molar-refractivity contribution in [1.82, 2.24) is 9.38 Å². The molecule has 38 heavy (non-hydrogen) atoms. The van der Waals surface area contributed by atoms with Gasteiger partial charge in [-0.1, -0.05) is 31.6 Å². The molecule has 196 valence electrons. The van der Waals surface area contributed by atoms with E-state index in [1.165, 1.54) is 54.6 Å². The lowest BCUT2D eigenvalue weighted by atomic mass is 10.2. The predicted octanol–water partition coefficient (Wildman–Crippen LogP) is 4.92. The average Bonchev–Trinajstić information content (AvgIpc) is 3.30. The van der Waals surface area contributed by atoms with Crippen molar-refractivity contribution >= 4 is 45.5 Å². The fourth-order valence-electron chi connectivity index (χ4n) is 3.64. The van der Waals surface area contributed by atoms with E-state index in [2.05, 4.69) is 15.6 Å². The first-order valence-electron chi connectivity index (χ1n) is 12.0. The van der Waals surface area contributed by atoms with Crippen LogP contribution in [0, 0.1) is 5.82 Å². The Kier molecular flexibility index (Phi) is 8.27. The largest absolute Gasteiger partial charge is 0.462 e. The van der Waals surface area contributed by atoms with Crippen molar-refractivity contribution in [3.05, 3.63) is 92.6 Å². The van der Waals surface area contributed by atoms with Gasteiger partial charge in [-0.15, -0.1) is 0 Å². The fourth-order valence-corrected chi connectivity index (χ4v) is 4.69. The number of carbonyl (C=O) groups excluding carboxylic acids is 3. The minimum Gasteiger partial charge on any atom is -0.462 e. The van der Waals surface area contributed by atoms with Crippen LogP contribution in [0.5, 0.6) is 0 Å². The number of carbonyl (C=O) groups is 3. The number of anilines is 2. The maximum atomic E-state index is 13.4. The molecule has 0 aliphatic heterocycles. The predicted molar refractivity (Wildman–Crippen MR) is 143 cm³/mol. The fraction of sp³-hybridized carbons (Fsp3) is 0.222. The standard InChI is InChI=1S/C27H25FN4O5S/c1-3-5-20-15-21(33)32-22(24(34)29-18-10-6-16(7-11-18)26(36)37-14-4-2)23(38-27(32)31-20)25(35)30-19-12-8-17(28)9-13-19/h6-13,15H,3-5,14H2,1-2H3,(H,29,34)(H,30,35). The summed E-state index contributed by atoms with van der Waals surface area (Å²) in [7, 11) is 0. The van der Waals surface area contributed by atoms with Crippen LogP contribution in [-0.2, 0) is 11.2 Å². The molecule has 0 saturated carbocycles. The summed E-state index contributed by atoms with van der Waals surface area (Å²) in [4.78, 5) is 56.3. The Hall–Kier alpha value is -4.38. The number of thiazole rings is 1. The molecule has 0 fully saturated rings. The number of esters is 1. The van der Waals surface area contributed by atoms with Crippen molar-refractivity contribution in [2.45, 2.75) is 33.1 Å². The monoisotopic (exact) mass is 536 g/mol. The lowest BCUT2D eigenvalue weighted by Gasteiger charge is -2.09. The number of aromatic nitrogens is 2. The molecule has 0 spiro atoms. The molecule has 0 saturated heterocycles. The average molecular weight is 537 g/mol. The van der Waals surface area contributed by atoms with E-state index < -0.39 is 29.2 Å². The Morgan fingerprint density at radius 1 is 0.947 bits per heavy atom. The second-order valence-electron chi connectivity index (χ2n) is 8.36. The molecule has 9 nitrogen and oxygen atoms in total. The van der Waals surface area contributed by atoms with Gasteiger partial charge in [-0.3, -0.25) is 14.4 Å². The number of hydrogen-bond donors (Lipinski definition) is 2. The van der Waals surface area contributed by atoms with E-state index >= 15 is 0 Å². The maximum Gasteiger partial charge on any atom is 0.338 e. The summed E-state index contributed by atoms with van der Waals surface area (Å²) < 4.78 is 19.5. The van der Waals surface area contributed by atoms with Crippen LogP contribution in [-0.4, -0.2) is 33.8 Å². The summed E-state index contributed by atoms with van der Waals surface area (Å²) in [5.41, 5.74) is 0.862. The van der Waals surface area contributed by atoms with E-state index in [0.717, 1.165) is 22.2 Å². The first-order valence-corrected chi connectivity index (χ1v) is 12.8. The van der Waals surface area contributed by atoms with Crippen LogP contribution in [0.1, 0.15) is 62.9 Å². The van der Waals surface area contributed by atoms with Gasteiger partial charge in [-0.2, -0.15) is 0 Å². The van der Waals surface area contributed by atoms with Crippen LogP contribution in [0.4, 0.5) is 15.8 Å². The highest BCUT2D eigenvalue weighted by Gasteiger charge is 2.26. The second kappa shape index (κ2) is 11.8. The molecule has 0 aliphatic carbocycles. The van der Waals surface area contributed by atoms with E-state index in [4.69, 9.17) is 4.74 Å². The van der Waals surface area contributed by atoms with Crippen molar-refractivity contribution < 1.29 is 23.5 Å². The quantitative estimate of drug-likeness (QED) is 0.293. The van der Waals surface area contributed by atoms with Crippen molar-refractivity contribution in [3.63, 3.8) is 0 Å². The van der Waals surface area contributed by atoms with Crippen LogP contribution >= 0.6 is 11.3 Å². The molecule has 2 aromatic heterocycles. The molecule has 2 amide bonds. The van der Waals surface area contributed by atoms with Crippen LogP contribution in [0.25, 0.3) is 4.96 Å². The van der Waals surface area contributed by atoms with Gasteiger partial charge in [0, 0.05) is 23.1 Å². The molecule has 4 rings (SSSR count). The molecular formula is C27H25FN4O5S. The zero-order valence-electron chi connectivity index (χ0n) is 20.7. The minimum atomic E-state index is -0.714. The van der Waals surface area contributed by atoms with E-state index in [1.54, 1.807) is 0 Å². The normalized spacial score (nSPS) is 10.8. The van der Waals surface area contributed by atoms with Gasteiger partial charge in [-0.05, 0) is 61.4 Å². The van der Waals surface area contributed by atoms with Crippen LogP contribution in [0.3, 0.4) is 0 Å². The molecule has 0 aliphatic rings. The third-order valence-electron chi connectivity index (χ3n) is 5.42. The van der Waals surface area contributed by atoms with Crippen LogP contribution in [0.15, 0.2) is 59.4 Å². The smallest absolute Gasteiger partial charge is 0.338 e. The number of ether oxygens (including phenoxy) is 1. The number of amides is 2. The van der Waals surface area contributed by atoms with Gasteiger partial charge in [0.2, 0.25) is 0 Å². The minimum absolute atomic E-state index is 0.0372. The summed E-state index contributed by atoms with van der Waals surface area (Å²) in [6.07, 6.45) is 2.02. The Bertz CT molecular complexity index is 1540. The Labute approximate surface area is 221 Å². The topological polar surface area (TPSA) is 119 Å². The number of hydrogen-bond acceptors (Lipinski definition) is 7. The molecule has 0 atom stereocenters. The third kappa shape index (κ3) is 5.94. The molecule has 0 radical (unpaired) electrons. The van der Waals surface area contributed by atoms with Crippen LogP contribution < -0.4 is 16.2 Å². The van der Waals surface area contributed by atoms with E-state index in [1.807, 2.05) is 13.8 Å². The number of nitrogens with one attached hydrogen (secondary N) is 2. The van der Waals surface area contributed by atoms with Gasteiger partial charge in [0.25, 0.3) is 17.4 Å². The van der Waals surface area contributed by atoms with Gasteiger partial charge in [0.05, 0.1) is 12.2 Å². The van der Waals surface area contributed by atoms with Gasteiger partial charge in [0.15, 0.2) is 4.96 Å². The molecule has 2 N–H and O–H groups in total. The van der Waals surface area contributed by atoms with E-state index in [0.29, 0.717) is 42.1 Å². The summed E-state index contributed by atoms with van der Waals surface area (Å²) in [5, 5.41) is 5.31. The number of halogens is 1. The second-order valence-corrected chi connectivity index (χ2v) is 9.34. The molecule has 11 heteroatoms. The van der Waals surface area contributed by atoms with E-state index in [-0.39, 0.29) is 15.5 Å². The summed E-state index contributed by atoms with van der Waals surface area (Å²) in [6, 6.07) is 12.6. The number of rotatable bonds is 9. The molecule has 2 heterocycles. The van der Waals surface area contributed by atoms with Gasteiger partial charge < -0.3 is 15.4 Å². The lowest BCUT2D eigenvalue weighted by molar-refractivity contribution is 0.0505. The molecule has 2 aromatic carbocycles. The van der Waals surface area contributed by atoms with Crippen molar-refractivity contribution in [3.8, 4) is 0 Å². The zero-order valence-corrected chi connectivity index (χ0v) is 21.6. The number of benzene rings is 2. The van der Waals surface area contributed by atoms with Crippen molar-refractivity contribution in [2.75, 3.05) is 17.2 Å². The molecule has 4 aromatic rings. The Balaban J connectivity index is 1.69. The number of nitrogens with zero attached hydrogens (tertiary/aromatic N) is 2. The highest BCUT2D eigenvalue weighted by atomic mass is 32.1. The SMILES string of the molecule is CCCOC(=O)c1ccc(NC(=O)c2c(C(=O)Nc3ccc(F)cc3)sc3nc(CCC)cc(=O)n23)cc1. The van der Waals surface area contributed by atoms with Gasteiger partial charge >= 0.3 is 5.97 Å². The van der Waals surface area contributed by atoms with Crippen molar-refractivity contribution in [2.24, 2.45) is 0 Å². The number of fused-ring (bicyclic) bond motifs is 1. The van der Waals surface area contributed by atoms with Gasteiger partial charge in [-0.25, -0.2) is 18.6 Å². The van der Waals surface area contributed by atoms with Gasteiger partial charge in [0.1, 0.15) is 16.4 Å². The molecule has 0 unspecified atom stereocenters. The highest BCUT2D eigenvalue weighted by Crippen LogP contribution is 2.24. The Morgan fingerprint density at radius 2 is 1.58 bits per heavy atom. The summed E-state index contributed by atoms with van der Waals surface area (Å²) in [5.74, 6) is -2.31. The van der Waals surface area contributed by atoms with Crippen molar-refractivity contribution in [1.29, 1.82) is 0 Å². The number of aryl methyl sites for hydroxylation is 1. The van der Waals surface area contributed by atoms with E-state index in [9.17, 15) is 23.6 Å². The molecular weight excluding hydrogens is 511 g/mol. The summed E-state index contributed by atoms with van der Waals surface area (Å²) in [6.45, 7) is 4.14. The highest BCUT2D eigenvalue weighted by molar-refractivity contribution is 7.19. The Morgan fingerprint density at radius 3 is 2.21 bits per heavy atom. The zero-order chi connectivity index (χ0) is 27.2. The first-order chi connectivity index (χ1) is 18.3.